The molecule has 2 aliphatic rings. The number of benzene rings is 2. The van der Waals surface area contributed by atoms with E-state index in [1.165, 1.54) is 6.42 Å². The van der Waals surface area contributed by atoms with Crippen LogP contribution in [0.5, 0.6) is 0 Å². The van der Waals surface area contributed by atoms with E-state index in [-0.39, 0.29) is 23.9 Å². The lowest BCUT2D eigenvalue weighted by molar-refractivity contribution is -0.000497. The maximum absolute atomic E-state index is 13.7. The molecule has 2 aromatic rings. The third-order valence-electron chi connectivity index (χ3n) is 6.28. The molecule has 0 heterocycles. The van der Waals surface area contributed by atoms with Gasteiger partial charge in [0.05, 0.1) is 11.6 Å². The molecule has 2 aromatic carbocycles. The molecule has 0 aromatic heterocycles. The van der Waals surface area contributed by atoms with E-state index < -0.39 is 0 Å². The van der Waals surface area contributed by atoms with Crippen LogP contribution >= 0.6 is 0 Å². The zero-order valence-electron chi connectivity index (χ0n) is 17.0. The highest BCUT2D eigenvalue weighted by Crippen LogP contribution is 2.31. The minimum Gasteiger partial charge on any atom is -0.264 e. The first-order valence-electron chi connectivity index (χ1n) is 11.0. The van der Waals surface area contributed by atoms with Gasteiger partial charge in [-0.1, -0.05) is 55.7 Å². The molecular weight excluding hydrogens is 360 g/mol. The molecule has 0 bridgehead atoms. The number of amides is 2. The number of nitrogens with zero attached hydrogens (tertiary/aromatic N) is 2. The van der Waals surface area contributed by atoms with E-state index in [9.17, 15) is 9.59 Å². The van der Waals surface area contributed by atoms with E-state index in [2.05, 4.69) is 0 Å². The molecule has 4 heteroatoms. The lowest BCUT2D eigenvalue weighted by Gasteiger charge is -2.33. The van der Waals surface area contributed by atoms with Crippen LogP contribution < -0.4 is 5.01 Å². The van der Waals surface area contributed by atoms with E-state index in [1.54, 1.807) is 0 Å². The monoisotopic (exact) mass is 390 g/mol. The molecule has 29 heavy (non-hydrogen) atoms. The van der Waals surface area contributed by atoms with Gasteiger partial charge in [0.25, 0.3) is 0 Å². The first-order chi connectivity index (χ1) is 14.3. The summed E-state index contributed by atoms with van der Waals surface area (Å²) in [4.78, 5) is 27.4. The molecule has 151 valence electrons. The Balaban J connectivity index is 1.74. The summed E-state index contributed by atoms with van der Waals surface area (Å²) in [5.41, 5.74) is 1.31. The molecule has 2 saturated carbocycles. The van der Waals surface area contributed by atoms with Gasteiger partial charge in [0.15, 0.2) is 6.04 Å². The standard InChI is InChI=1S/C25H30N2O2/c28-24(20-12-4-1-5-13-20)26(22-16-8-3-9-17-22)27(23-18-10-11-19-23)25(29)21-14-6-2-7-15-21/h1-2,4-7,12-15,22-23H,3,8-11,16-19H2/q+1. The lowest BCUT2D eigenvalue weighted by Crippen LogP contribution is -2.62. The Hall–Kier alpha value is -2.46. The number of carbonyl (C=O) groups is 2. The van der Waals surface area contributed by atoms with Crippen molar-refractivity contribution in [3.05, 3.63) is 71.8 Å². The van der Waals surface area contributed by atoms with Crippen LogP contribution in [0.2, 0.25) is 0 Å². The van der Waals surface area contributed by atoms with Crippen molar-refractivity contribution in [1.82, 2.24) is 10.0 Å². The van der Waals surface area contributed by atoms with E-state index in [0.717, 1.165) is 51.4 Å². The van der Waals surface area contributed by atoms with Gasteiger partial charge in [-0.2, -0.15) is 0 Å². The number of hydrazine groups is 1. The van der Waals surface area contributed by atoms with Gasteiger partial charge in [-0.3, -0.25) is 4.79 Å². The minimum atomic E-state index is -0.0487. The molecule has 0 atom stereocenters. The zero-order valence-corrected chi connectivity index (χ0v) is 17.0. The molecular formula is C25H30N2O2+. The Morgan fingerprint density at radius 1 is 0.690 bits per heavy atom. The minimum absolute atomic E-state index is 0.0475. The maximum atomic E-state index is 13.7. The predicted molar refractivity (Wildman–Crippen MR) is 115 cm³/mol. The van der Waals surface area contributed by atoms with E-state index in [0.29, 0.717) is 11.1 Å². The van der Waals surface area contributed by atoms with Crippen LogP contribution in [-0.4, -0.2) is 28.9 Å². The van der Waals surface area contributed by atoms with Crippen LogP contribution in [0.25, 0.3) is 0 Å². The van der Waals surface area contributed by atoms with Crippen molar-refractivity contribution in [2.75, 3.05) is 0 Å². The van der Waals surface area contributed by atoms with E-state index in [1.807, 2.05) is 70.7 Å². The molecule has 2 fully saturated rings. The summed E-state index contributed by atoms with van der Waals surface area (Å²) >= 11 is 0. The van der Waals surface area contributed by atoms with Crippen LogP contribution in [0, 0.1) is 0 Å². The average Bonchev–Trinajstić information content (AvgIpc) is 3.33. The van der Waals surface area contributed by atoms with Crippen molar-refractivity contribution in [1.29, 1.82) is 0 Å². The molecule has 2 amide bonds. The summed E-state index contributed by atoms with van der Waals surface area (Å²) in [6.45, 7) is 0. The van der Waals surface area contributed by atoms with Crippen molar-refractivity contribution >= 4 is 11.8 Å². The second-order valence-corrected chi connectivity index (χ2v) is 8.26. The van der Waals surface area contributed by atoms with Gasteiger partial charge >= 0.3 is 11.8 Å². The molecule has 4 rings (SSSR count). The van der Waals surface area contributed by atoms with E-state index in [4.69, 9.17) is 0 Å². The first kappa shape index (κ1) is 19.8. The van der Waals surface area contributed by atoms with E-state index >= 15 is 0 Å². The second-order valence-electron chi connectivity index (χ2n) is 8.26. The summed E-state index contributed by atoms with van der Waals surface area (Å²) in [5, 5.41) is 3.69. The Kier molecular flexibility index (Phi) is 6.40. The Morgan fingerprint density at radius 3 is 1.79 bits per heavy atom. The molecule has 4 nitrogen and oxygen atoms in total. The normalized spacial score (nSPS) is 18.1. The summed E-state index contributed by atoms with van der Waals surface area (Å²) < 4.78 is 0. The van der Waals surface area contributed by atoms with Crippen LogP contribution in [0.1, 0.15) is 78.5 Å². The number of rotatable bonds is 4. The largest absolute Gasteiger partial charge is 0.421 e. The third kappa shape index (κ3) is 4.43. The van der Waals surface area contributed by atoms with Gasteiger partial charge in [0.2, 0.25) is 0 Å². The van der Waals surface area contributed by atoms with Crippen molar-refractivity contribution in [2.45, 2.75) is 69.9 Å². The number of hydrogen-bond acceptors (Lipinski definition) is 2. The first-order valence-corrected chi connectivity index (χ1v) is 11.0. The summed E-state index contributed by atoms with van der Waals surface area (Å²) in [7, 11) is 0. The van der Waals surface area contributed by atoms with Gasteiger partial charge in [0.1, 0.15) is 0 Å². The molecule has 0 unspecified atom stereocenters. The Bertz CT molecular complexity index is 809. The highest BCUT2D eigenvalue weighted by Gasteiger charge is 2.49. The highest BCUT2D eigenvalue weighted by atomic mass is 16.2. The predicted octanol–water partition coefficient (Wildman–Crippen LogP) is 5.30. The molecule has 1 radical (unpaired) electrons. The fourth-order valence-corrected chi connectivity index (χ4v) is 4.78. The SMILES string of the molecule is O=C(c1ccccc1)N(C1CCCC1)[N+](C(=O)c1ccccc1)C1CCCCC1. The van der Waals surface area contributed by atoms with Crippen LogP contribution in [0.15, 0.2) is 60.7 Å². The Labute approximate surface area is 173 Å². The molecule has 2 aliphatic carbocycles. The average molecular weight is 391 g/mol. The molecule has 0 aliphatic heterocycles. The van der Waals surface area contributed by atoms with Gasteiger partial charge < -0.3 is 0 Å². The number of carbonyl (C=O) groups excluding carboxylic acids is 2. The maximum Gasteiger partial charge on any atom is 0.421 e. The third-order valence-corrected chi connectivity index (χ3v) is 6.28. The smallest absolute Gasteiger partial charge is 0.264 e. The van der Waals surface area contributed by atoms with Gasteiger partial charge in [0, 0.05) is 23.4 Å². The topological polar surface area (TPSA) is 43.3 Å². The zero-order chi connectivity index (χ0) is 20.1. The van der Waals surface area contributed by atoms with Crippen molar-refractivity contribution in [3.63, 3.8) is 0 Å². The van der Waals surface area contributed by atoms with Gasteiger partial charge in [-0.15, -0.1) is 5.01 Å². The fourth-order valence-electron chi connectivity index (χ4n) is 4.78. The van der Waals surface area contributed by atoms with Crippen molar-refractivity contribution in [2.24, 2.45) is 0 Å². The molecule has 0 saturated heterocycles. The summed E-state index contributed by atoms with van der Waals surface area (Å²) in [6.07, 6.45) is 9.51. The van der Waals surface area contributed by atoms with Crippen LogP contribution in [0.3, 0.4) is 0 Å². The van der Waals surface area contributed by atoms with Crippen molar-refractivity contribution in [3.8, 4) is 0 Å². The molecule has 0 N–H and O–H groups in total. The molecule has 0 spiro atoms. The summed E-state index contributed by atoms with van der Waals surface area (Å²) in [5.74, 6) is -0.0963. The second kappa shape index (κ2) is 9.36. The lowest BCUT2D eigenvalue weighted by atomic mass is 9.94. The van der Waals surface area contributed by atoms with Crippen molar-refractivity contribution < 1.29 is 9.59 Å². The van der Waals surface area contributed by atoms with Crippen LogP contribution in [0.4, 0.5) is 0 Å². The van der Waals surface area contributed by atoms with Gasteiger partial charge in [-0.25, -0.2) is 4.79 Å². The van der Waals surface area contributed by atoms with Crippen LogP contribution in [-0.2, 0) is 0 Å². The number of hydrogen-bond donors (Lipinski definition) is 0. The quantitative estimate of drug-likeness (QED) is 0.525. The summed E-state index contributed by atoms with van der Waals surface area (Å²) in [6, 6.07) is 19.0. The Morgan fingerprint density at radius 2 is 1.21 bits per heavy atom. The fraction of sp³-hybridized carbons (Fsp3) is 0.440. The highest BCUT2D eigenvalue weighted by molar-refractivity contribution is 6.00. The van der Waals surface area contributed by atoms with Gasteiger partial charge in [-0.05, 0) is 49.9 Å².